The van der Waals surface area contributed by atoms with Crippen LogP contribution in [0.5, 0.6) is 0 Å². The first-order valence-corrected chi connectivity index (χ1v) is 6.71. The summed E-state index contributed by atoms with van der Waals surface area (Å²) in [5, 5.41) is 0. The predicted molar refractivity (Wildman–Crippen MR) is 74.4 cm³/mol. The molecule has 0 aromatic heterocycles. The normalized spacial score (nSPS) is 16.8. The third kappa shape index (κ3) is 2.66. The number of aryl methyl sites for hydroxylation is 3. The summed E-state index contributed by atoms with van der Waals surface area (Å²) in [6, 6.07) is 4.42. The van der Waals surface area contributed by atoms with Crippen molar-refractivity contribution >= 4 is 5.97 Å². The third-order valence-electron chi connectivity index (χ3n) is 4.00. The minimum absolute atomic E-state index is 0.00391. The van der Waals surface area contributed by atoms with E-state index in [1.807, 2.05) is 0 Å². The van der Waals surface area contributed by atoms with Crippen molar-refractivity contribution in [2.24, 2.45) is 0 Å². The molecule has 0 amide bonds. The Morgan fingerprint density at radius 1 is 1.26 bits per heavy atom. The van der Waals surface area contributed by atoms with E-state index in [1.54, 1.807) is 0 Å². The molecule has 1 heterocycles. The van der Waals surface area contributed by atoms with Crippen molar-refractivity contribution in [3.05, 3.63) is 34.4 Å². The van der Waals surface area contributed by atoms with Crippen LogP contribution >= 0.6 is 0 Å². The number of rotatable bonds is 4. The fourth-order valence-electron chi connectivity index (χ4n) is 3.22. The van der Waals surface area contributed by atoms with Crippen LogP contribution in [-0.2, 0) is 19.7 Å². The van der Waals surface area contributed by atoms with Gasteiger partial charge in [0, 0.05) is 11.8 Å². The van der Waals surface area contributed by atoms with Crippen LogP contribution < -0.4 is 0 Å². The predicted octanol–water partition coefficient (Wildman–Crippen LogP) is 2.83. The molecule has 0 atom stereocenters. The first-order valence-electron chi connectivity index (χ1n) is 6.71. The fourth-order valence-corrected chi connectivity index (χ4v) is 3.22. The average Bonchev–Trinajstić information content (AvgIpc) is 2.29. The van der Waals surface area contributed by atoms with E-state index in [9.17, 15) is 4.79 Å². The van der Waals surface area contributed by atoms with Gasteiger partial charge in [-0.1, -0.05) is 17.7 Å². The van der Waals surface area contributed by atoms with E-state index in [-0.39, 0.29) is 11.4 Å². The van der Waals surface area contributed by atoms with Crippen LogP contribution in [0.1, 0.15) is 35.1 Å². The van der Waals surface area contributed by atoms with E-state index in [0.717, 1.165) is 6.42 Å². The van der Waals surface area contributed by atoms with Crippen molar-refractivity contribution in [2.75, 3.05) is 20.3 Å². The fraction of sp³-hybridized carbons (Fsp3) is 0.562. The van der Waals surface area contributed by atoms with Gasteiger partial charge in [0.25, 0.3) is 0 Å². The maximum Gasteiger partial charge on any atom is 0.305 e. The van der Waals surface area contributed by atoms with E-state index < -0.39 is 0 Å². The summed E-state index contributed by atoms with van der Waals surface area (Å²) in [6.45, 7) is 7.81. The number of carbonyl (C=O) groups is 1. The van der Waals surface area contributed by atoms with Crippen molar-refractivity contribution in [1.82, 2.24) is 0 Å². The summed E-state index contributed by atoms with van der Waals surface area (Å²) in [5.74, 6) is -0.145. The largest absolute Gasteiger partial charge is 0.469 e. The average molecular weight is 262 g/mol. The molecule has 0 unspecified atom stereocenters. The zero-order chi connectivity index (χ0) is 14.0. The summed E-state index contributed by atoms with van der Waals surface area (Å²) in [6.07, 6.45) is 1.25. The van der Waals surface area contributed by atoms with Gasteiger partial charge in [0.15, 0.2) is 0 Å². The Kier molecular flexibility index (Phi) is 3.95. The molecule has 3 nitrogen and oxygen atoms in total. The number of benzene rings is 1. The van der Waals surface area contributed by atoms with Gasteiger partial charge in [-0.2, -0.15) is 0 Å². The topological polar surface area (TPSA) is 35.5 Å². The highest BCUT2D eigenvalue weighted by Crippen LogP contribution is 2.40. The summed E-state index contributed by atoms with van der Waals surface area (Å²) in [7, 11) is 1.44. The smallest absolute Gasteiger partial charge is 0.305 e. The molecule has 0 N–H and O–H groups in total. The second-order valence-corrected chi connectivity index (χ2v) is 5.62. The van der Waals surface area contributed by atoms with Gasteiger partial charge in [0.05, 0.1) is 20.3 Å². The second-order valence-electron chi connectivity index (χ2n) is 5.62. The summed E-state index contributed by atoms with van der Waals surface area (Å²) in [4.78, 5) is 11.4. The van der Waals surface area contributed by atoms with E-state index in [1.165, 1.54) is 29.4 Å². The van der Waals surface area contributed by atoms with Crippen LogP contribution in [0.25, 0.3) is 0 Å². The molecule has 3 heteroatoms. The van der Waals surface area contributed by atoms with Gasteiger partial charge in [0.2, 0.25) is 0 Å². The zero-order valence-corrected chi connectivity index (χ0v) is 12.2. The Morgan fingerprint density at radius 3 is 2.26 bits per heavy atom. The minimum Gasteiger partial charge on any atom is -0.469 e. The molecule has 1 aliphatic heterocycles. The maximum atomic E-state index is 11.4. The van der Waals surface area contributed by atoms with Crippen molar-refractivity contribution in [3.63, 3.8) is 0 Å². The molecular weight excluding hydrogens is 240 g/mol. The van der Waals surface area contributed by atoms with Gasteiger partial charge in [-0.05, 0) is 43.9 Å². The Hall–Kier alpha value is -1.35. The minimum atomic E-state index is -0.145. The van der Waals surface area contributed by atoms with Gasteiger partial charge >= 0.3 is 5.97 Å². The van der Waals surface area contributed by atoms with Crippen LogP contribution in [0.2, 0.25) is 0 Å². The lowest BCUT2D eigenvalue weighted by molar-refractivity contribution is -0.142. The monoisotopic (exact) mass is 262 g/mol. The van der Waals surface area contributed by atoms with E-state index >= 15 is 0 Å². The molecule has 0 bridgehead atoms. The molecule has 1 aliphatic rings. The first kappa shape index (κ1) is 14.1. The maximum absolute atomic E-state index is 11.4. The number of methoxy groups -OCH3 is 1. The van der Waals surface area contributed by atoms with Crippen LogP contribution in [-0.4, -0.2) is 26.3 Å². The molecule has 1 fully saturated rings. The van der Waals surface area contributed by atoms with Crippen LogP contribution in [0.15, 0.2) is 12.1 Å². The van der Waals surface area contributed by atoms with Crippen molar-refractivity contribution in [1.29, 1.82) is 0 Å². The SMILES string of the molecule is COC(=O)CCC1(c2c(C)cc(C)cc2C)COC1. The van der Waals surface area contributed by atoms with Crippen LogP contribution in [0, 0.1) is 20.8 Å². The molecule has 1 aromatic carbocycles. The third-order valence-corrected chi connectivity index (χ3v) is 4.00. The Balaban J connectivity index is 2.29. The molecule has 1 saturated heterocycles. The van der Waals surface area contributed by atoms with Crippen LogP contribution in [0.3, 0.4) is 0 Å². The molecule has 2 rings (SSSR count). The lowest BCUT2D eigenvalue weighted by Crippen LogP contribution is -2.48. The van der Waals surface area contributed by atoms with E-state index in [4.69, 9.17) is 9.47 Å². The van der Waals surface area contributed by atoms with Gasteiger partial charge < -0.3 is 9.47 Å². The highest BCUT2D eigenvalue weighted by Gasteiger charge is 2.42. The van der Waals surface area contributed by atoms with E-state index in [0.29, 0.717) is 19.6 Å². The standard InChI is InChI=1S/C16H22O3/c1-11-7-12(2)15(13(3)8-11)16(9-19-10-16)6-5-14(17)18-4/h7-8H,5-6,9-10H2,1-4H3. The molecule has 0 saturated carbocycles. The molecule has 19 heavy (non-hydrogen) atoms. The molecule has 1 aromatic rings. The molecular formula is C16H22O3. The number of carbonyl (C=O) groups excluding carboxylic acids is 1. The van der Waals surface area contributed by atoms with Gasteiger partial charge in [-0.3, -0.25) is 4.79 Å². The molecule has 104 valence electrons. The van der Waals surface area contributed by atoms with E-state index in [2.05, 4.69) is 32.9 Å². The summed E-state index contributed by atoms with van der Waals surface area (Å²) in [5.41, 5.74) is 5.22. The molecule has 0 aliphatic carbocycles. The van der Waals surface area contributed by atoms with Crippen LogP contribution in [0.4, 0.5) is 0 Å². The first-order chi connectivity index (χ1) is 8.98. The Bertz CT molecular complexity index is 464. The number of hydrogen-bond acceptors (Lipinski definition) is 3. The van der Waals surface area contributed by atoms with Crippen molar-refractivity contribution < 1.29 is 14.3 Å². The van der Waals surface area contributed by atoms with Gasteiger partial charge in [0.1, 0.15) is 0 Å². The number of esters is 1. The lowest BCUT2D eigenvalue weighted by atomic mass is 9.71. The van der Waals surface area contributed by atoms with Crippen molar-refractivity contribution in [2.45, 2.75) is 39.0 Å². The Labute approximate surface area is 114 Å². The van der Waals surface area contributed by atoms with Gasteiger partial charge in [-0.15, -0.1) is 0 Å². The second kappa shape index (κ2) is 5.33. The van der Waals surface area contributed by atoms with Crippen molar-refractivity contribution in [3.8, 4) is 0 Å². The highest BCUT2D eigenvalue weighted by molar-refractivity contribution is 5.69. The highest BCUT2D eigenvalue weighted by atomic mass is 16.5. The summed E-state index contributed by atoms with van der Waals surface area (Å²) < 4.78 is 10.2. The Morgan fingerprint density at radius 2 is 1.84 bits per heavy atom. The zero-order valence-electron chi connectivity index (χ0n) is 12.2. The summed E-state index contributed by atoms with van der Waals surface area (Å²) >= 11 is 0. The molecule has 0 spiro atoms. The number of hydrogen-bond donors (Lipinski definition) is 0. The van der Waals surface area contributed by atoms with Gasteiger partial charge in [-0.25, -0.2) is 0 Å². The molecule has 0 radical (unpaired) electrons. The lowest BCUT2D eigenvalue weighted by Gasteiger charge is -2.44. The number of ether oxygens (including phenoxy) is 2. The quantitative estimate of drug-likeness (QED) is 0.783.